The van der Waals surface area contributed by atoms with Gasteiger partial charge in [0.25, 0.3) is 0 Å². The molecule has 2 heterocycles. The summed E-state index contributed by atoms with van der Waals surface area (Å²) in [7, 11) is 0. The molecule has 1 N–H and O–H groups in total. The monoisotopic (exact) mass is 230 g/mol. The maximum atomic E-state index is 5.75. The number of aromatic amines is 1. The number of imidazole rings is 1. The Hall–Kier alpha value is -1.94. The van der Waals surface area contributed by atoms with Crippen molar-refractivity contribution in [2.45, 2.75) is 0 Å². The lowest BCUT2D eigenvalue weighted by atomic mass is 10.2. The van der Waals surface area contributed by atoms with Gasteiger partial charge in [-0.3, -0.25) is 0 Å². The van der Waals surface area contributed by atoms with E-state index in [2.05, 4.69) is 19.9 Å². The van der Waals surface area contributed by atoms with Crippen LogP contribution in [-0.2, 0) is 0 Å². The highest BCUT2D eigenvalue weighted by Crippen LogP contribution is 2.17. The maximum Gasteiger partial charge on any atom is 0.202 e. The van der Waals surface area contributed by atoms with Gasteiger partial charge in [-0.15, -0.1) is 0 Å². The van der Waals surface area contributed by atoms with E-state index in [1.807, 2.05) is 30.3 Å². The van der Waals surface area contributed by atoms with Crippen molar-refractivity contribution in [1.29, 1.82) is 0 Å². The number of fused-ring (bicyclic) bond motifs is 1. The molecule has 16 heavy (non-hydrogen) atoms. The smallest absolute Gasteiger partial charge is 0.202 e. The molecular weight excluding hydrogens is 224 g/mol. The molecule has 0 spiro atoms. The minimum Gasteiger partial charge on any atom is -0.313 e. The topological polar surface area (TPSA) is 54.5 Å². The highest BCUT2D eigenvalue weighted by molar-refractivity contribution is 6.28. The Kier molecular flexibility index (Phi) is 2.08. The summed E-state index contributed by atoms with van der Waals surface area (Å²) in [4.78, 5) is 15.5. The minimum absolute atomic E-state index is 0.328. The molecule has 3 rings (SSSR count). The summed E-state index contributed by atoms with van der Waals surface area (Å²) in [5.74, 6) is 0.661. The number of hydrogen-bond donors (Lipinski definition) is 1. The third kappa shape index (κ3) is 1.53. The maximum absolute atomic E-state index is 5.75. The summed E-state index contributed by atoms with van der Waals surface area (Å²) in [6.45, 7) is 0. The predicted molar refractivity (Wildman–Crippen MR) is 62.1 cm³/mol. The first kappa shape index (κ1) is 9.30. The largest absolute Gasteiger partial charge is 0.313 e. The van der Waals surface area contributed by atoms with Crippen LogP contribution in [0.3, 0.4) is 0 Å². The fraction of sp³-hybridized carbons (Fsp3) is 0. The number of rotatable bonds is 1. The first-order valence-electron chi connectivity index (χ1n) is 4.76. The molecule has 78 valence electrons. The van der Waals surface area contributed by atoms with Gasteiger partial charge in [-0.25, -0.2) is 15.0 Å². The van der Waals surface area contributed by atoms with Gasteiger partial charge >= 0.3 is 0 Å². The lowest BCUT2D eigenvalue weighted by molar-refractivity contribution is 1.21. The molecule has 0 fully saturated rings. The summed E-state index contributed by atoms with van der Waals surface area (Å²) in [6.07, 6.45) is 1.66. The quantitative estimate of drug-likeness (QED) is 0.654. The zero-order chi connectivity index (χ0) is 11.0. The molecule has 0 aliphatic rings. The summed E-state index contributed by atoms with van der Waals surface area (Å²) in [5.41, 5.74) is 2.29. The van der Waals surface area contributed by atoms with Crippen LogP contribution in [0.4, 0.5) is 0 Å². The van der Waals surface area contributed by atoms with E-state index in [4.69, 9.17) is 11.6 Å². The van der Waals surface area contributed by atoms with E-state index in [0.717, 1.165) is 5.56 Å². The number of nitrogens with one attached hydrogen (secondary N) is 1. The van der Waals surface area contributed by atoms with Crippen LogP contribution in [0.5, 0.6) is 0 Å². The van der Waals surface area contributed by atoms with Crippen LogP contribution in [0.2, 0.25) is 5.28 Å². The SMILES string of the molecule is Clc1nc2cnc(-c3ccccc3)nc2[nH]1. The minimum atomic E-state index is 0.328. The van der Waals surface area contributed by atoms with Gasteiger partial charge < -0.3 is 4.98 Å². The van der Waals surface area contributed by atoms with Crippen molar-refractivity contribution in [2.75, 3.05) is 0 Å². The van der Waals surface area contributed by atoms with E-state index in [1.54, 1.807) is 6.20 Å². The second-order valence-electron chi connectivity index (χ2n) is 3.32. The number of hydrogen-bond acceptors (Lipinski definition) is 3. The van der Waals surface area contributed by atoms with Crippen molar-refractivity contribution in [3.05, 3.63) is 41.8 Å². The van der Waals surface area contributed by atoms with Crippen molar-refractivity contribution in [3.63, 3.8) is 0 Å². The fourth-order valence-corrected chi connectivity index (χ4v) is 1.69. The number of benzene rings is 1. The van der Waals surface area contributed by atoms with Gasteiger partial charge in [-0.1, -0.05) is 30.3 Å². The Labute approximate surface area is 96.3 Å². The number of H-pyrrole nitrogens is 1. The first-order chi connectivity index (χ1) is 7.83. The van der Waals surface area contributed by atoms with Crippen molar-refractivity contribution in [1.82, 2.24) is 19.9 Å². The molecule has 0 saturated carbocycles. The molecule has 0 saturated heterocycles. The molecule has 0 amide bonds. The van der Waals surface area contributed by atoms with Crippen LogP contribution in [0.15, 0.2) is 36.5 Å². The molecular formula is C11H7ClN4. The van der Waals surface area contributed by atoms with Crippen molar-refractivity contribution < 1.29 is 0 Å². The third-order valence-electron chi connectivity index (χ3n) is 2.24. The average Bonchev–Trinajstić information content (AvgIpc) is 2.69. The third-order valence-corrected chi connectivity index (χ3v) is 2.42. The Bertz CT molecular complexity index is 633. The van der Waals surface area contributed by atoms with E-state index < -0.39 is 0 Å². The lowest BCUT2D eigenvalue weighted by Gasteiger charge is -1.97. The molecule has 0 aliphatic heterocycles. The Morgan fingerprint density at radius 1 is 1.06 bits per heavy atom. The molecule has 0 bridgehead atoms. The number of aromatic nitrogens is 4. The van der Waals surface area contributed by atoms with Crippen LogP contribution in [-0.4, -0.2) is 19.9 Å². The lowest BCUT2D eigenvalue weighted by Crippen LogP contribution is -1.88. The van der Waals surface area contributed by atoms with Gasteiger partial charge in [-0.2, -0.15) is 0 Å². The number of nitrogens with zero attached hydrogens (tertiary/aromatic N) is 3. The van der Waals surface area contributed by atoms with Gasteiger partial charge in [0.15, 0.2) is 11.5 Å². The van der Waals surface area contributed by atoms with Gasteiger partial charge in [0.05, 0.1) is 6.20 Å². The van der Waals surface area contributed by atoms with Gasteiger partial charge in [-0.05, 0) is 11.6 Å². The molecule has 0 unspecified atom stereocenters. The molecule has 0 atom stereocenters. The van der Waals surface area contributed by atoms with Gasteiger partial charge in [0.2, 0.25) is 5.28 Å². The van der Waals surface area contributed by atoms with E-state index in [0.29, 0.717) is 22.3 Å². The van der Waals surface area contributed by atoms with E-state index >= 15 is 0 Å². The predicted octanol–water partition coefficient (Wildman–Crippen LogP) is 2.67. The summed E-state index contributed by atoms with van der Waals surface area (Å²) in [6, 6.07) is 9.76. The summed E-state index contributed by atoms with van der Waals surface area (Å²) < 4.78 is 0. The Morgan fingerprint density at radius 2 is 1.88 bits per heavy atom. The molecule has 2 aromatic heterocycles. The van der Waals surface area contributed by atoms with Crippen LogP contribution >= 0.6 is 11.6 Å². The Balaban J connectivity index is 2.18. The molecule has 5 heteroatoms. The van der Waals surface area contributed by atoms with E-state index in [9.17, 15) is 0 Å². The molecule has 0 aliphatic carbocycles. The zero-order valence-corrected chi connectivity index (χ0v) is 8.94. The van der Waals surface area contributed by atoms with E-state index in [1.165, 1.54) is 0 Å². The van der Waals surface area contributed by atoms with Gasteiger partial charge in [0.1, 0.15) is 5.52 Å². The van der Waals surface area contributed by atoms with Crippen LogP contribution < -0.4 is 0 Å². The van der Waals surface area contributed by atoms with Crippen LogP contribution in [0.1, 0.15) is 0 Å². The molecule has 1 aromatic carbocycles. The second-order valence-corrected chi connectivity index (χ2v) is 3.68. The van der Waals surface area contributed by atoms with Gasteiger partial charge in [0, 0.05) is 5.56 Å². The summed E-state index contributed by atoms with van der Waals surface area (Å²) in [5, 5.41) is 0.328. The zero-order valence-electron chi connectivity index (χ0n) is 8.18. The normalized spacial score (nSPS) is 10.8. The Morgan fingerprint density at radius 3 is 2.69 bits per heavy atom. The number of halogens is 1. The molecule has 4 nitrogen and oxygen atoms in total. The standard InChI is InChI=1S/C11H7ClN4/c12-11-14-8-6-13-9(15-10(8)16-11)7-4-2-1-3-5-7/h1-6H,(H,13,14,15,16). The second kappa shape index (κ2) is 3.57. The van der Waals surface area contributed by atoms with E-state index in [-0.39, 0.29) is 0 Å². The average molecular weight is 231 g/mol. The van der Waals surface area contributed by atoms with Crippen molar-refractivity contribution >= 4 is 22.8 Å². The first-order valence-corrected chi connectivity index (χ1v) is 5.14. The van der Waals surface area contributed by atoms with Crippen molar-refractivity contribution in [2.24, 2.45) is 0 Å². The summed E-state index contributed by atoms with van der Waals surface area (Å²) >= 11 is 5.75. The van der Waals surface area contributed by atoms with Crippen molar-refractivity contribution in [3.8, 4) is 11.4 Å². The highest BCUT2D eigenvalue weighted by Gasteiger charge is 2.05. The highest BCUT2D eigenvalue weighted by atomic mass is 35.5. The van der Waals surface area contributed by atoms with Crippen LogP contribution in [0.25, 0.3) is 22.6 Å². The molecule has 3 aromatic rings. The van der Waals surface area contributed by atoms with Crippen LogP contribution in [0, 0.1) is 0 Å². The molecule has 0 radical (unpaired) electrons. The fourth-order valence-electron chi connectivity index (χ4n) is 1.51.